The SMILES string of the molecule is Cc1cc(N2CC3OCCN(Cc4ccccc4)C3C2)n2ncnc2n1. The largest absolute Gasteiger partial charge is 0.373 e. The molecule has 7 heteroatoms. The van der Waals surface area contributed by atoms with Crippen molar-refractivity contribution in [2.75, 3.05) is 31.1 Å². The molecule has 2 aliphatic rings. The van der Waals surface area contributed by atoms with Gasteiger partial charge in [0.1, 0.15) is 12.1 Å². The summed E-state index contributed by atoms with van der Waals surface area (Å²) in [6.07, 6.45) is 1.78. The minimum Gasteiger partial charge on any atom is -0.373 e. The number of ether oxygens (including phenoxy) is 1. The predicted molar refractivity (Wildman–Crippen MR) is 98.1 cm³/mol. The van der Waals surface area contributed by atoms with E-state index in [9.17, 15) is 0 Å². The number of nitrogens with zero attached hydrogens (tertiary/aromatic N) is 6. The molecule has 0 saturated carbocycles. The number of fused-ring (bicyclic) bond motifs is 2. The van der Waals surface area contributed by atoms with E-state index < -0.39 is 0 Å². The highest BCUT2D eigenvalue weighted by molar-refractivity contribution is 5.48. The molecule has 2 fully saturated rings. The average molecular weight is 350 g/mol. The summed E-state index contributed by atoms with van der Waals surface area (Å²) in [5.74, 6) is 1.69. The third kappa shape index (κ3) is 2.73. The molecule has 2 aliphatic heterocycles. The number of aryl methyl sites for hydroxylation is 1. The van der Waals surface area contributed by atoms with Crippen molar-refractivity contribution in [1.82, 2.24) is 24.5 Å². The Morgan fingerprint density at radius 3 is 2.96 bits per heavy atom. The van der Waals surface area contributed by atoms with Crippen molar-refractivity contribution < 1.29 is 4.74 Å². The number of aromatic nitrogens is 4. The van der Waals surface area contributed by atoms with Crippen LogP contribution in [0.5, 0.6) is 0 Å². The van der Waals surface area contributed by atoms with Crippen molar-refractivity contribution in [3.05, 3.63) is 54.0 Å². The summed E-state index contributed by atoms with van der Waals surface area (Å²) in [6, 6.07) is 13.1. The molecule has 7 nitrogen and oxygen atoms in total. The Bertz CT molecular complexity index is 911. The molecule has 1 aromatic carbocycles. The monoisotopic (exact) mass is 350 g/mol. The first kappa shape index (κ1) is 15.7. The summed E-state index contributed by atoms with van der Waals surface area (Å²) in [5, 5.41) is 4.36. The van der Waals surface area contributed by atoms with Crippen LogP contribution in [0.15, 0.2) is 42.7 Å². The van der Waals surface area contributed by atoms with E-state index in [1.165, 1.54) is 5.56 Å². The van der Waals surface area contributed by atoms with Gasteiger partial charge in [-0.3, -0.25) is 4.90 Å². The second-order valence-corrected chi connectivity index (χ2v) is 7.07. The van der Waals surface area contributed by atoms with Crippen molar-refractivity contribution in [2.45, 2.75) is 25.6 Å². The second kappa shape index (κ2) is 6.34. The van der Waals surface area contributed by atoms with Gasteiger partial charge in [0.05, 0.1) is 18.8 Å². The first-order chi connectivity index (χ1) is 12.8. The summed E-state index contributed by atoms with van der Waals surface area (Å²) in [4.78, 5) is 13.6. The van der Waals surface area contributed by atoms with E-state index in [-0.39, 0.29) is 6.10 Å². The molecule has 0 amide bonds. The zero-order chi connectivity index (χ0) is 17.5. The van der Waals surface area contributed by atoms with Crippen molar-refractivity contribution in [1.29, 1.82) is 0 Å². The molecule has 0 radical (unpaired) electrons. The van der Waals surface area contributed by atoms with Crippen molar-refractivity contribution >= 4 is 11.6 Å². The van der Waals surface area contributed by atoms with Gasteiger partial charge < -0.3 is 9.64 Å². The molecule has 134 valence electrons. The zero-order valence-electron chi connectivity index (χ0n) is 14.8. The lowest BCUT2D eigenvalue weighted by atomic mass is 10.1. The minimum absolute atomic E-state index is 0.222. The van der Waals surface area contributed by atoms with Gasteiger partial charge in [0.15, 0.2) is 0 Å². The minimum atomic E-state index is 0.222. The van der Waals surface area contributed by atoms with E-state index in [4.69, 9.17) is 4.74 Å². The quantitative estimate of drug-likeness (QED) is 0.714. The number of hydrogen-bond donors (Lipinski definition) is 0. The van der Waals surface area contributed by atoms with Crippen LogP contribution in [0.2, 0.25) is 0 Å². The van der Waals surface area contributed by atoms with Crippen molar-refractivity contribution in [3.8, 4) is 0 Å². The van der Waals surface area contributed by atoms with E-state index in [0.29, 0.717) is 11.8 Å². The first-order valence-corrected chi connectivity index (χ1v) is 9.10. The Morgan fingerprint density at radius 1 is 1.19 bits per heavy atom. The predicted octanol–water partition coefficient (Wildman–Crippen LogP) is 1.52. The van der Waals surface area contributed by atoms with E-state index in [1.54, 1.807) is 6.33 Å². The van der Waals surface area contributed by atoms with E-state index in [1.807, 2.05) is 11.4 Å². The lowest BCUT2D eigenvalue weighted by Gasteiger charge is -2.36. The molecule has 0 N–H and O–H groups in total. The van der Waals surface area contributed by atoms with Gasteiger partial charge in [-0.2, -0.15) is 14.6 Å². The molecule has 3 aromatic rings. The molecule has 2 aromatic heterocycles. The Hall–Kier alpha value is -2.51. The van der Waals surface area contributed by atoms with Crippen LogP contribution in [0, 0.1) is 6.92 Å². The smallest absolute Gasteiger partial charge is 0.254 e. The molecule has 2 atom stereocenters. The molecule has 2 saturated heterocycles. The molecule has 0 aliphatic carbocycles. The fourth-order valence-corrected chi connectivity index (χ4v) is 4.10. The normalized spacial score (nSPS) is 23.5. The number of benzene rings is 1. The van der Waals surface area contributed by atoms with Crippen molar-refractivity contribution in [2.24, 2.45) is 0 Å². The maximum absolute atomic E-state index is 6.10. The average Bonchev–Trinajstić information content (AvgIpc) is 3.29. The van der Waals surface area contributed by atoms with Gasteiger partial charge in [-0.15, -0.1) is 0 Å². The highest BCUT2D eigenvalue weighted by Crippen LogP contribution is 2.28. The van der Waals surface area contributed by atoms with Crippen molar-refractivity contribution in [3.63, 3.8) is 0 Å². The fraction of sp³-hybridized carbons (Fsp3) is 0.421. The summed E-state index contributed by atoms with van der Waals surface area (Å²) in [5.41, 5.74) is 2.31. The fourth-order valence-electron chi connectivity index (χ4n) is 4.10. The molecule has 4 heterocycles. The molecule has 5 rings (SSSR count). The van der Waals surface area contributed by atoms with Crippen LogP contribution in [-0.4, -0.2) is 62.9 Å². The molecule has 0 spiro atoms. The van der Waals surface area contributed by atoms with Gasteiger partial charge in [0.2, 0.25) is 0 Å². The Kier molecular flexibility index (Phi) is 3.83. The van der Waals surface area contributed by atoms with Crippen LogP contribution in [0.1, 0.15) is 11.3 Å². The molecule has 0 bridgehead atoms. The lowest BCUT2D eigenvalue weighted by Crippen LogP contribution is -2.50. The first-order valence-electron chi connectivity index (χ1n) is 9.10. The number of anilines is 1. The standard InChI is InChI=1S/C19H22N6O/c1-14-9-18(25-19(22-14)20-13-21-25)24-11-16-17(12-24)26-8-7-23(16)10-15-5-3-2-4-6-15/h2-6,9,13,16-17H,7-8,10-12H2,1H3. The van der Waals surface area contributed by atoms with Gasteiger partial charge in [-0.05, 0) is 12.5 Å². The number of morpholine rings is 1. The topological polar surface area (TPSA) is 58.8 Å². The van der Waals surface area contributed by atoms with Gasteiger partial charge in [0, 0.05) is 37.9 Å². The molecular weight excluding hydrogens is 328 g/mol. The second-order valence-electron chi connectivity index (χ2n) is 7.07. The number of rotatable bonds is 3. The van der Waals surface area contributed by atoms with Crippen LogP contribution >= 0.6 is 0 Å². The Labute approximate surface area is 152 Å². The van der Waals surface area contributed by atoms with Gasteiger partial charge in [-0.1, -0.05) is 30.3 Å². The Morgan fingerprint density at radius 2 is 2.08 bits per heavy atom. The van der Waals surface area contributed by atoms with Gasteiger partial charge in [0.25, 0.3) is 5.78 Å². The zero-order valence-corrected chi connectivity index (χ0v) is 14.8. The van der Waals surface area contributed by atoms with E-state index in [2.05, 4.69) is 61.3 Å². The summed E-state index contributed by atoms with van der Waals surface area (Å²) < 4.78 is 7.93. The van der Waals surface area contributed by atoms with Crippen LogP contribution in [-0.2, 0) is 11.3 Å². The van der Waals surface area contributed by atoms with Crippen LogP contribution < -0.4 is 4.90 Å². The molecule has 2 unspecified atom stereocenters. The third-order valence-corrected chi connectivity index (χ3v) is 5.33. The third-order valence-electron chi connectivity index (χ3n) is 5.33. The van der Waals surface area contributed by atoms with Crippen LogP contribution in [0.25, 0.3) is 5.78 Å². The van der Waals surface area contributed by atoms with Gasteiger partial charge >= 0.3 is 0 Å². The molecular formula is C19H22N6O. The summed E-state index contributed by atoms with van der Waals surface area (Å²) in [6.45, 7) is 6.52. The van der Waals surface area contributed by atoms with Crippen LogP contribution in [0.3, 0.4) is 0 Å². The summed E-state index contributed by atoms with van der Waals surface area (Å²) >= 11 is 0. The summed E-state index contributed by atoms with van der Waals surface area (Å²) in [7, 11) is 0. The highest BCUT2D eigenvalue weighted by Gasteiger charge is 2.40. The highest BCUT2D eigenvalue weighted by atomic mass is 16.5. The van der Waals surface area contributed by atoms with E-state index in [0.717, 1.165) is 44.3 Å². The van der Waals surface area contributed by atoms with E-state index >= 15 is 0 Å². The molecule has 26 heavy (non-hydrogen) atoms. The van der Waals surface area contributed by atoms with Gasteiger partial charge in [-0.25, -0.2) is 4.98 Å². The number of hydrogen-bond acceptors (Lipinski definition) is 6. The Balaban J connectivity index is 1.41. The van der Waals surface area contributed by atoms with Crippen LogP contribution in [0.4, 0.5) is 5.82 Å². The maximum Gasteiger partial charge on any atom is 0.254 e. The lowest BCUT2D eigenvalue weighted by molar-refractivity contribution is -0.0499. The maximum atomic E-state index is 6.10.